The molecule has 2 rings (SSSR count). The molecule has 1 atom stereocenters. The van der Waals surface area contributed by atoms with Gasteiger partial charge in [-0.3, -0.25) is 4.79 Å². The van der Waals surface area contributed by atoms with E-state index in [1.54, 1.807) is 6.20 Å². The van der Waals surface area contributed by atoms with Crippen molar-refractivity contribution in [1.82, 2.24) is 4.98 Å². The molecule has 0 aliphatic heterocycles. The molecule has 0 saturated carbocycles. The Morgan fingerprint density at radius 3 is 3.00 bits per heavy atom. The van der Waals surface area contributed by atoms with Crippen molar-refractivity contribution in [2.45, 2.75) is 12.5 Å². The number of rotatable bonds is 3. The Morgan fingerprint density at radius 2 is 2.31 bits per heavy atom. The summed E-state index contributed by atoms with van der Waals surface area (Å²) in [5.74, 6) is -1.01. The van der Waals surface area contributed by atoms with E-state index in [0.717, 1.165) is 16.5 Å². The second-order valence-electron chi connectivity index (χ2n) is 3.63. The van der Waals surface area contributed by atoms with Crippen LogP contribution in [0, 0.1) is 0 Å². The number of aromatic nitrogens is 1. The summed E-state index contributed by atoms with van der Waals surface area (Å²) in [6, 6.07) is 4.66. The van der Waals surface area contributed by atoms with E-state index in [2.05, 4.69) is 4.98 Å². The average molecular weight is 239 g/mol. The summed E-state index contributed by atoms with van der Waals surface area (Å²) in [6.45, 7) is 0. The van der Waals surface area contributed by atoms with Gasteiger partial charge in [-0.2, -0.15) is 0 Å². The lowest BCUT2D eigenvalue weighted by atomic mass is 10.0. The molecule has 84 valence electrons. The summed E-state index contributed by atoms with van der Waals surface area (Å²) in [4.78, 5) is 13.7. The molecule has 16 heavy (non-hydrogen) atoms. The Labute approximate surface area is 97.0 Å². The first-order valence-corrected chi connectivity index (χ1v) is 5.20. The molecule has 1 aromatic carbocycles. The van der Waals surface area contributed by atoms with Gasteiger partial charge in [0.15, 0.2) is 0 Å². The molecule has 4 nitrogen and oxygen atoms in total. The summed E-state index contributed by atoms with van der Waals surface area (Å²) in [6.07, 6.45) is 1.95. The van der Waals surface area contributed by atoms with Gasteiger partial charge in [-0.05, 0) is 18.1 Å². The van der Waals surface area contributed by atoms with Gasteiger partial charge >= 0.3 is 5.97 Å². The largest absolute Gasteiger partial charge is 0.480 e. The Hall–Kier alpha value is -1.52. The number of nitrogens with one attached hydrogen (secondary N) is 1. The van der Waals surface area contributed by atoms with Crippen molar-refractivity contribution < 1.29 is 9.90 Å². The Morgan fingerprint density at radius 1 is 1.56 bits per heavy atom. The molecule has 0 saturated heterocycles. The summed E-state index contributed by atoms with van der Waals surface area (Å²) >= 11 is 6.02. The SMILES string of the molecule is NC(Cc1cccc2[nH]cc(Cl)c12)C(=O)O. The number of hydrogen-bond acceptors (Lipinski definition) is 2. The molecule has 0 aliphatic carbocycles. The van der Waals surface area contributed by atoms with Crippen molar-refractivity contribution in [3.8, 4) is 0 Å². The summed E-state index contributed by atoms with van der Waals surface area (Å²) in [7, 11) is 0. The number of nitrogens with two attached hydrogens (primary N) is 1. The van der Waals surface area contributed by atoms with Crippen LogP contribution in [0.4, 0.5) is 0 Å². The Kier molecular flexibility index (Phi) is 2.85. The van der Waals surface area contributed by atoms with Gasteiger partial charge < -0.3 is 15.8 Å². The molecular weight excluding hydrogens is 228 g/mol. The summed E-state index contributed by atoms with van der Waals surface area (Å²) in [5.41, 5.74) is 7.24. The highest BCUT2D eigenvalue weighted by Crippen LogP contribution is 2.27. The van der Waals surface area contributed by atoms with Crippen LogP contribution in [-0.4, -0.2) is 22.1 Å². The fourth-order valence-corrected chi connectivity index (χ4v) is 1.99. The topological polar surface area (TPSA) is 79.1 Å². The first kappa shape index (κ1) is 11.0. The molecule has 0 spiro atoms. The van der Waals surface area contributed by atoms with Crippen LogP contribution in [0.5, 0.6) is 0 Å². The van der Waals surface area contributed by atoms with Gasteiger partial charge in [0.25, 0.3) is 0 Å². The van der Waals surface area contributed by atoms with Crippen LogP contribution in [0.1, 0.15) is 5.56 Å². The number of aliphatic carboxylic acids is 1. The van der Waals surface area contributed by atoms with Crippen LogP contribution in [-0.2, 0) is 11.2 Å². The van der Waals surface area contributed by atoms with E-state index in [1.807, 2.05) is 18.2 Å². The van der Waals surface area contributed by atoms with Crippen LogP contribution < -0.4 is 5.73 Å². The van der Waals surface area contributed by atoms with E-state index < -0.39 is 12.0 Å². The molecule has 1 aromatic heterocycles. The lowest BCUT2D eigenvalue weighted by molar-refractivity contribution is -0.138. The lowest BCUT2D eigenvalue weighted by Gasteiger charge is -2.07. The third-order valence-electron chi connectivity index (χ3n) is 2.50. The van der Waals surface area contributed by atoms with Crippen molar-refractivity contribution in [1.29, 1.82) is 0 Å². The summed E-state index contributed by atoms with van der Waals surface area (Å²) in [5, 5.41) is 10.2. The van der Waals surface area contributed by atoms with Gasteiger partial charge in [0.2, 0.25) is 0 Å². The predicted molar refractivity (Wildman–Crippen MR) is 62.6 cm³/mol. The van der Waals surface area contributed by atoms with Crippen LogP contribution in [0.25, 0.3) is 10.9 Å². The average Bonchev–Trinajstić information content (AvgIpc) is 2.61. The molecule has 0 aliphatic rings. The first-order chi connectivity index (χ1) is 7.59. The van der Waals surface area contributed by atoms with E-state index in [1.165, 1.54) is 0 Å². The van der Waals surface area contributed by atoms with Crippen molar-refractivity contribution in [3.05, 3.63) is 35.0 Å². The highest BCUT2D eigenvalue weighted by Gasteiger charge is 2.15. The van der Waals surface area contributed by atoms with Crippen molar-refractivity contribution in [2.24, 2.45) is 5.73 Å². The number of carboxylic acids is 1. The van der Waals surface area contributed by atoms with E-state index in [9.17, 15) is 4.79 Å². The minimum absolute atomic E-state index is 0.268. The smallest absolute Gasteiger partial charge is 0.320 e. The zero-order chi connectivity index (χ0) is 11.7. The fourth-order valence-electron chi connectivity index (χ4n) is 1.71. The van der Waals surface area contributed by atoms with Crippen LogP contribution in [0.15, 0.2) is 24.4 Å². The molecule has 0 radical (unpaired) electrons. The van der Waals surface area contributed by atoms with Crippen LogP contribution in [0.2, 0.25) is 5.02 Å². The minimum atomic E-state index is -1.01. The predicted octanol–water partition coefficient (Wildman–Crippen LogP) is 1.78. The number of carboxylic acid groups (broad SMARTS) is 1. The molecule has 1 unspecified atom stereocenters. The molecule has 4 N–H and O–H groups in total. The second-order valence-corrected chi connectivity index (χ2v) is 4.03. The number of benzene rings is 1. The van der Waals surface area contributed by atoms with E-state index in [4.69, 9.17) is 22.4 Å². The lowest BCUT2D eigenvalue weighted by Crippen LogP contribution is -2.32. The zero-order valence-corrected chi connectivity index (χ0v) is 9.16. The molecular formula is C11H11ClN2O2. The van der Waals surface area contributed by atoms with Gasteiger partial charge in [-0.1, -0.05) is 23.7 Å². The number of H-pyrrole nitrogens is 1. The fraction of sp³-hybridized carbons (Fsp3) is 0.182. The van der Waals surface area contributed by atoms with Crippen LogP contribution in [0.3, 0.4) is 0 Å². The molecule has 0 bridgehead atoms. The first-order valence-electron chi connectivity index (χ1n) is 4.82. The van der Waals surface area contributed by atoms with Gasteiger partial charge in [0.05, 0.1) is 5.02 Å². The van der Waals surface area contributed by atoms with Gasteiger partial charge in [0, 0.05) is 17.1 Å². The maximum atomic E-state index is 10.7. The maximum Gasteiger partial charge on any atom is 0.320 e. The highest BCUT2D eigenvalue weighted by atomic mass is 35.5. The van der Waals surface area contributed by atoms with Crippen LogP contribution >= 0.6 is 11.6 Å². The van der Waals surface area contributed by atoms with E-state index in [0.29, 0.717) is 5.02 Å². The minimum Gasteiger partial charge on any atom is -0.480 e. The second kappa shape index (κ2) is 4.15. The highest BCUT2D eigenvalue weighted by molar-refractivity contribution is 6.35. The van der Waals surface area contributed by atoms with Gasteiger partial charge in [-0.25, -0.2) is 0 Å². The normalized spacial score (nSPS) is 12.9. The number of aromatic amines is 1. The third kappa shape index (κ3) is 1.89. The maximum absolute atomic E-state index is 10.7. The standard InChI is InChI=1S/C11H11ClN2O2/c12-7-5-14-9-3-1-2-6(10(7)9)4-8(13)11(15)16/h1-3,5,8,14H,4,13H2,(H,15,16). The molecule has 0 fully saturated rings. The number of carbonyl (C=O) groups is 1. The van der Waals surface area contributed by atoms with Crippen molar-refractivity contribution in [3.63, 3.8) is 0 Å². The number of fused-ring (bicyclic) bond motifs is 1. The monoisotopic (exact) mass is 238 g/mol. The van der Waals surface area contributed by atoms with Gasteiger partial charge in [0.1, 0.15) is 6.04 Å². The van der Waals surface area contributed by atoms with Crippen molar-refractivity contribution in [2.75, 3.05) is 0 Å². The van der Waals surface area contributed by atoms with E-state index in [-0.39, 0.29) is 6.42 Å². The van der Waals surface area contributed by atoms with E-state index >= 15 is 0 Å². The quantitative estimate of drug-likeness (QED) is 0.763. The molecule has 0 amide bonds. The van der Waals surface area contributed by atoms with Gasteiger partial charge in [-0.15, -0.1) is 0 Å². The number of hydrogen-bond donors (Lipinski definition) is 3. The Bertz CT molecular complexity index is 536. The molecule has 2 aromatic rings. The molecule has 1 heterocycles. The molecule has 5 heteroatoms. The number of halogens is 1. The third-order valence-corrected chi connectivity index (χ3v) is 2.80. The summed E-state index contributed by atoms with van der Waals surface area (Å²) < 4.78 is 0. The zero-order valence-electron chi connectivity index (χ0n) is 8.40. The van der Waals surface area contributed by atoms with Crippen molar-refractivity contribution >= 4 is 28.5 Å². The Balaban J connectivity index is 2.44.